The molecule has 5 nitrogen and oxygen atoms in total. The third-order valence-corrected chi connectivity index (χ3v) is 5.45. The molecule has 2 aromatic carbocycles. The fraction of sp³-hybridized carbons (Fsp3) is 0.158. The van der Waals surface area contributed by atoms with E-state index in [0.29, 0.717) is 27.1 Å². The fourth-order valence-corrected chi connectivity index (χ4v) is 3.90. The number of halogens is 2. The number of carbonyl (C=O) groups is 2. The van der Waals surface area contributed by atoms with Gasteiger partial charge in [0.1, 0.15) is 17.3 Å². The van der Waals surface area contributed by atoms with Crippen molar-refractivity contribution >= 4 is 44.9 Å². The van der Waals surface area contributed by atoms with Crippen molar-refractivity contribution in [2.45, 2.75) is 6.54 Å². The lowest BCUT2D eigenvalue weighted by molar-refractivity contribution is -0.123. The van der Waals surface area contributed by atoms with Crippen molar-refractivity contribution in [1.82, 2.24) is 4.90 Å². The highest BCUT2D eigenvalue weighted by Gasteiger charge is 2.35. The van der Waals surface area contributed by atoms with Crippen LogP contribution in [0.1, 0.15) is 11.1 Å². The van der Waals surface area contributed by atoms with Gasteiger partial charge in [0.15, 0.2) is 0 Å². The zero-order valence-corrected chi connectivity index (χ0v) is 16.9. The van der Waals surface area contributed by atoms with Gasteiger partial charge in [-0.15, -0.1) is 0 Å². The van der Waals surface area contributed by atoms with E-state index < -0.39 is 5.91 Å². The Bertz CT molecular complexity index is 930. The zero-order valence-electron chi connectivity index (χ0n) is 14.5. The lowest BCUT2D eigenvalue weighted by atomic mass is 10.1. The van der Waals surface area contributed by atoms with Gasteiger partial charge in [0, 0.05) is 11.6 Å². The summed E-state index contributed by atoms with van der Waals surface area (Å²) in [6, 6.07) is 9.13. The van der Waals surface area contributed by atoms with E-state index in [2.05, 4.69) is 15.9 Å². The number of hydrogen-bond donors (Lipinski definition) is 0. The van der Waals surface area contributed by atoms with Crippen LogP contribution in [0.15, 0.2) is 45.8 Å². The second-order valence-corrected chi connectivity index (χ2v) is 7.47. The molecular weight excluding hydrogens is 437 g/mol. The molecule has 27 heavy (non-hydrogen) atoms. The number of rotatable bonds is 5. The SMILES string of the molecule is COc1cc(OC)c(/C=C2\SC(=O)N(Cc3ccc(F)cc3)C2=O)cc1Br. The van der Waals surface area contributed by atoms with E-state index in [1.165, 1.54) is 19.2 Å². The van der Waals surface area contributed by atoms with Crippen LogP contribution < -0.4 is 9.47 Å². The molecule has 0 N–H and O–H groups in total. The summed E-state index contributed by atoms with van der Waals surface area (Å²) in [4.78, 5) is 26.4. The molecule has 0 unspecified atom stereocenters. The Kier molecular flexibility index (Phi) is 5.86. The minimum Gasteiger partial charge on any atom is -0.496 e. The first kappa shape index (κ1) is 19.4. The third-order valence-electron chi connectivity index (χ3n) is 3.92. The second-order valence-electron chi connectivity index (χ2n) is 5.62. The van der Waals surface area contributed by atoms with Gasteiger partial charge in [-0.3, -0.25) is 14.5 Å². The van der Waals surface area contributed by atoms with Crippen molar-refractivity contribution < 1.29 is 23.5 Å². The average Bonchev–Trinajstić information content (AvgIpc) is 2.91. The van der Waals surface area contributed by atoms with Gasteiger partial charge in [-0.25, -0.2) is 4.39 Å². The molecule has 1 saturated heterocycles. The predicted molar refractivity (Wildman–Crippen MR) is 105 cm³/mol. The summed E-state index contributed by atoms with van der Waals surface area (Å²) in [7, 11) is 3.06. The highest BCUT2D eigenvalue weighted by Crippen LogP contribution is 2.38. The Labute approximate surface area is 168 Å². The molecule has 2 amide bonds. The lowest BCUT2D eigenvalue weighted by Gasteiger charge is -2.12. The van der Waals surface area contributed by atoms with Crippen LogP contribution in [-0.4, -0.2) is 30.3 Å². The molecule has 0 saturated carbocycles. The van der Waals surface area contributed by atoms with E-state index in [4.69, 9.17) is 9.47 Å². The van der Waals surface area contributed by atoms with Crippen molar-refractivity contribution in [1.29, 1.82) is 0 Å². The van der Waals surface area contributed by atoms with Crippen LogP contribution in [0.3, 0.4) is 0 Å². The van der Waals surface area contributed by atoms with Gasteiger partial charge in [-0.1, -0.05) is 12.1 Å². The van der Waals surface area contributed by atoms with Gasteiger partial charge in [-0.2, -0.15) is 0 Å². The Balaban J connectivity index is 1.88. The molecule has 0 bridgehead atoms. The number of imide groups is 1. The first-order valence-corrected chi connectivity index (χ1v) is 9.45. The molecule has 0 aliphatic carbocycles. The monoisotopic (exact) mass is 451 g/mol. The van der Waals surface area contributed by atoms with E-state index in [1.54, 1.807) is 37.5 Å². The molecule has 0 aromatic heterocycles. The Morgan fingerprint density at radius 2 is 1.78 bits per heavy atom. The van der Waals surface area contributed by atoms with E-state index in [-0.39, 0.29) is 22.5 Å². The molecule has 1 aliphatic rings. The molecule has 1 fully saturated rings. The van der Waals surface area contributed by atoms with Gasteiger partial charge < -0.3 is 9.47 Å². The van der Waals surface area contributed by atoms with Gasteiger partial charge in [-0.05, 0) is 57.5 Å². The van der Waals surface area contributed by atoms with E-state index in [9.17, 15) is 14.0 Å². The summed E-state index contributed by atoms with van der Waals surface area (Å²) in [6.07, 6.45) is 1.61. The summed E-state index contributed by atoms with van der Waals surface area (Å²) >= 11 is 4.26. The van der Waals surface area contributed by atoms with Crippen molar-refractivity contribution in [3.63, 3.8) is 0 Å². The quantitative estimate of drug-likeness (QED) is 0.608. The molecule has 1 aliphatic heterocycles. The molecule has 3 rings (SSSR count). The average molecular weight is 452 g/mol. The molecular formula is C19H15BrFNO4S. The molecule has 0 atom stereocenters. The third kappa shape index (κ3) is 4.17. The Morgan fingerprint density at radius 3 is 2.41 bits per heavy atom. The number of benzene rings is 2. The summed E-state index contributed by atoms with van der Waals surface area (Å²) in [5.41, 5.74) is 1.31. The number of amides is 2. The highest BCUT2D eigenvalue weighted by atomic mass is 79.9. The van der Waals surface area contributed by atoms with Gasteiger partial charge in [0.05, 0.1) is 30.1 Å². The van der Waals surface area contributed by atoms with Gasteiger partial charge in [0.2, 0.25) is 0 Å². The van der Waals surface area contributed by atoms with Crippen LogP contribution in [-0.2, 0) is 11.3 Å². The second kappa shape index (κ2) is 8.14. The molecule has 8 heteroatoms. The number of carbonyl (C=O) groups excluding carboxylic acids is 2. The Hall–Kier alpha value is -2.32. The minimum absolute atomic E-state index is 0.0890. The topological polar surface area (TPSA) is 55.8 Å². The maximum atomic E-state index is 13.0. The first-order valence-electron chi connectivity index (χ1n) is 7.84. The lowest BCUT2D eigenvalue weighted by Crippen LogP contribution is -2.27. The number of hydrogen-bond acceptors (Lipinski definition) is 5. The van der Waals surface area contributed by atoms with Crippen LogP contribution in [0.5, 0.6) is 11.5 Å². The fourth-order valence-electron chi connectivity index (χ4n) is 2.55. The molecule has 0 spiro atoms. The van der Waals surface area contributed by atoms with Crippen LogP contribution in [0.4, 0.5) is 9.18 Å². The first-order chi connectivity index (χ1) is 12.9. The maximum absolute atomic E-state index is 13.0. The van der Waals surface area contributed by atoms with Crippen LogP contribution >= 0.6 is 27.7 Å². The van der Waals surface area contributed by atoms with Crippen LogP contribution in [0.25, 0.3) is 6.08 Å². The standard InChI is InChI=1S/C19H15BrFNO4S/c1-25-15-9-16(26-2)14(20)7-12(15)8-17-18(23)22(19(24)27-17)10-11-3-5-13(21)6-4-11/h3-9H,10H2,1-2H3/b17-8-. The maximum Gasteiger partial charge on any atom is 0.293 e. The molecule has 1 heterocycles. The van der Waals surface area contributed by atoms with E-state index in [1.807, 2.05) is 0 Å². The Morgan fingerprint density at radius 1 is 1.11 bits per heavy atom. The zero-order chi connectivity index (χ0) is 19.6. The van der Waals surface area contributed by atoms with Crippen molar-refractivity contribution in [3.8, 4) is 11.5 Å². The highest BCUT2D eigenvalue weighted by molar-refractivity contribution is 9.10. The largest absolute Gasteiger partial charge is 0.496 e. The normalized spacial score (nSPS) is 15.6. The van der Waals surface area contributed by atoms with Crippen LogP contribution in [0, 0.1) is 5.82 Å². The number of nitrogens with zero attached hydrogens (tertiary/aromatic N) is 1. The number of methoxy groups -OCH3 is 2. The van der Waals surface area contributed by atoms with Gasteiger partial charge in [0.25, 0.3) is 11.1 Å². The van der Waals surface area contributed by atoms with E-state index in [0.717, 1.165) is 16.7 Å². The molecule has 140 valence electrons. The number of thioether (sulfide) groups is 1. The smallest absolute Gasteiger partial charge is 0.293 e. The summed E-state index contributed by atoms with van der Waals surface area (Å²) < 4.78 is 24.3. The molecule has 2 aromatic rings. The molecule has 0 radical (unpaired) electrons. The number of ether oxygens (including phenoxy) is 2. The van der Waals surface area contributed by atoms with Crippen molar-refractivity contribution in [3.05, 3.63) is 62.7 Å². The van der Waals surface area contributed by atoms with Crippen molar-refractivity contribution in [2.75, 3.05) is 14.2 Å². The summed E-state index contributed by atoms with van der Waals surface area (Å²) in [5, 5.41) is -0.373. The van der Waals surface area contributed by atoms with Gasteiger partial charge >= 0.3 is 0 Å². The summed E-state index contributed by atoms with van der Waals surface area (Å²) in [6.45, 7) is 0.0890. The summed E-state index contributed by atoms with van der Waals surface area (Å²) in [5.74, 6) is 0.335. The predicted octanol–water partition coefficient (Wildman–Crippen LogP) is 4.84. The minimum atomic E-state index is -0.400. The van der Waals surface area contributed by atoms with Crippen LogP contribution in [0.2, 0.25) is 0 Å². The van der Waals surface area contributed by atoms with E-state index >= 15 is 0 Å². The van der Waals surface area contributed by atoms with Crippen molar-refractivity contribution in [2.24, 2.45) is 0 Å².